The first-order chi connectivity index (χ1) is 9.22. The highest BCUT2D eigenvalue weighted by atomic mass is 16.5. The Balaban J connectivity index is 1.97. The van der Waals surface area contributed by atoms with Gasteiger partial charge in [-0.1, -0.05) is 6.07 Å². The molecule has 0 radical (unpaired) electrons. The number of carbonyl (C=O) groups excluding carboxylic acids is 1. The fourth-order valence-electron chi connectivity index (χ4n) is 2.23. The fraction of sp³-hybridized carbons (Fsp3) is 0.500. The monoisotopic (exact) mass is 264 g/mol. The average Bonchev–Trinajstić information content (AvgIpc) is 2.45. The van der Waals surface area contributed by atoms with E-state index >= 15 is 0 Å². The number of carbonyl (C=O) groups is 1. The van der Waals surface area contributed by atoms with Crippen molar-refractivity contribution in [3.8, 4) is 5.75 Å². The Hall–Kier alpha value is -1.75. The van der Waals surface area contributed by atoms with Crippen molar-refractivity contribution < 1.29 is 14.3 Å². The van der Waals surface area contributed by atoms with Gasteiger partial charge in [-0.3, -0.25) is 4.79 Å². The van der Waals surface area contributed by atoms with Crippen LogP contribution in [0.15, 0.2) is 18.2 Å². The van der Waals surface area contributed by atoms with Crippen LogP contribution in [0.1, 0.15) is 29.6 Å². The molecule has 1 heterocycles. The predicted molar refractivity (Wildman–Crippen MR) is 73.3 cm³/mol. The van der Waals surface area contributed by atoms with Gasteiger partial charge in [0.2, 0.25) is 0 Å². The van der Waals surface area contributed by atoms with E-state index in [2.05, 4.69) is 5.32 Å². The Kier molecular flexibility index (Phi) is 4.63. The van der Waals surface area contributed by atoms with E-state index in [1.54, 1.807) is 18.2 Å². The van der Waals surface area contributed by atoms with Crippen LogP contribution in [-0.4, -0.2) is 32.3 Å². The third kappa shape index (κ3) is 3.38. The van der Waals surface area contributed by atoms with E-state index in [4.69, 9.17) is 15.2 Å². The van der Waals surface area contributed by atoms with Crippen molar-refractivity contribution in [2.75, 3.05) is 26.0 Å². The van der Waals surface area contributed by atoms with Crippen LogP contribution in [0.3, 0.4) is 0 Å². The summed E-state index contributed by atoms with van der Waals surface area (Å²) in [4.78, 5) is 12.1. The zero-order chi connectivity index (χ0) is 13.7. The number of nitrogens with two attached hydrogens (primary N) is 1. The minimum absolute atomic E-state index is 0.116. The Labute approximate surface area is 113 Å². The van der Waals surface area contributed by atoms with Gasteiger partial charge in [-0.25, -0.2) is 0 Å². The third-order valence-corrected chi connectivity index (χ3v) is 3.26. The van der Waals surface area contributed by atoms with E-state index in [9.17, 15) is 4.79 Å². The zero-order valence-electron chi connectivity index (χ0n) is 11.1. The highest BCUT2D eigenvalue weighted by Crippen LogP contribution is 2.25. The van der Waals surface area contributed by atoms with E-state index in [-0.39, 0.29) is 12.0 Å². The Morgan fingerprint density at radius 1 is 1.53 bits per heavy atom. The van der Waals surface area contributed by atoms with Crippen LogP contribution >= 0.6 is 0 Å². The molecule has 1 aromatic rings. The maximum absolute atomic E-state index is 12.1. The molecule has 1 amide bonds. The van der Waals surface area contributed by atoms with Crippen molar-refractivity contribution in [3.05, 3.63) is 23.8 Å². The molecule has 19 heavy (non-hydrogen) atoms. The predicted octanol–water partition coefficient (Wildman–Crippen LogP) is 1.58. The van der Waals surface area contributed by atoms with Crippen molar-refractivity contribution in [1.82, 2.24) is 5.32 Å². The molecule has 0 aliphatic carbocycles. The lowest BCUT2D eigenvalue weighted by Crippen LogP contribution is -2.35. The number of para-hydroxylation sites is 1. The highest BCUT2D eigenvalue weighted by molar-refractivity contribution is 5.98. The van der Waals surface area contributed by atoms with Crippen LogP contribution in [0.25, 0.3) is 0 Å². The molecule has 5 nitrogen and oxygen atoms in total. The first-order valence-corrected chi connectivity index (χ1v) is 6.54. The lowest BCUT2D eigenvalue weighted by atomic mass is 10.1. The molecule has 0 aromatic heterocycles. The molecule has 1 fully saturated rings. The first-order valence-electron chi connectivity index (χ1n) is 6.54. The maximum Gasteiger partial charge on any atom is 0.255 e. The standard InChI is InChI=1S/C14H20N2O3/c1-18-13-11(6-4-7-12(13)15)14(17)16-9-10-5-2-3-8-19-10/h4,6-7,10H,2-3,5,8-9,15H2,1H3,(H,16,17). The number of rotatable bonds is 4. The lowest BCUT2D eigenvalue weighted by molar-refractivity contribution is 0.0169. The SMILES string of the molecule is COc1c(N)cccc1C(=O)NCC1CCCCO1. The Bertz CT molecular complexity index is 442. The van der Waals surface area contributed by atoms with Gasteiger partial charge in [0.1, 0.15) is 0 Å². The van der Waals surface area contributed by atoms with Crippen molar-refractivity contribution in [2.45, 2.75) is 25.4 Å². The van der Waals surface area contributed by atoms with Crippen molar-refractivity contribution >= 4 is 11.6 Å². The lowest BCUT2D eigenvalue weighted by Gasteiger charge is -2.23. The molecule has 5 heteroatoms. The van der Waals surface area contributed by atoms with Crippen molar-refractivity contribution in [1.29, 1.82) is 0 Å². The third-order valence-electron chi connectivity index (χ3n) is 3.26. The van der Waals surface area contributed by atoms with Crippen LogP contribution in [0, 0.1) is 0 Å². The molecule has 0 bridgehead atoms. The Morgan fingerprint density at radius 2 is 2.37 bits per heavy atom. The quantitative estimate of drug-likeness (QED) is 0.810. The van der Waals surface area contributed by atoms with Gasteiger partial charge in [-0.05, 0) is 31.4 Å². The molecular formula is C14H20N2O3. The van der Waals surface area contributed by atoms with Gasteiger partial charge in [-0.15, -0.1) is 0 Å². The van der Waals surface area contributed by atoms with Crippen LogP contribution in [0.2, 0.25) is 0 Å². The number of nitrogens with one attached hydrogen (secondary N) is 1. The molecule has 1 unspecified atom stereocenters. The summed E-state index contributed by atoms with van der Waals surface area (Å²) >= 11 is 0. The molecule has 1 aromatic carbocycles. The number of methoxy groups -OCH3 is 1. The average molecular weight is 264 g/mol. The summed E-state index contributed by atoms with van der Waals surface area (Å²) < 4.78 is 10.7. The number of hydrogen-bond donors (Lipinski definition) is 2. The molecule has 2 rings (SSSR count). The largest absolute Gasteiger partial charge is 0.494 e. The van der Waals surface area contributed by atoms with Gasteiger partial charge in [0.25, 0.3) is 5.91 Å². The van der Waals surface area contributed by atoms with Crippen LogP contribution in [-0.2, 0) is 4.74 Å². The first kappa shape index (κ1) is 13.7. The number of ether oxygens (including phenoxy) is 2. The minimum Gasteiger partial charge on any atom is -0.494 e. The molecule has 0 spiro atoms. The van der Waals surface area contributed by atoms with Gasteiger partial charge in [0.05, 0.1) is 24.5 Å². The molecular weight excluding hydrogens is 244 g/mol. The number of anilines is 1. The zero-order valence-corrected chi connectivity index (χ0v) is 11.1. The van der Waals surface area contributed by atoms with E-state index < -0.39 is 0 Å². The molecule has 1 atom stereocenters. The van der Waals surface area contributed by atoms with Gasteiger partial charge < -0.3 is 20.5 Å². The summed E-state index contributed by atoms with van der Waals surface area (Å²) in [5.41, 5.74) is 6.70. The van der Waals surface area contributed by atoms with Crippen LogP contribution < -0.4 is 15.8 Å². The summed E-state index contributed by atoms with van der Waals surface area (Å²) in [6.07, 6.45) is 3.37. The summed E-state index contributed by atoms with van der Waals surface area (Å²) in [5.74, 6) is 0.239. The smallest absolute Gasteiger partial charge is 0.255 e. The van der Waals surface area contributed by atoms with Crippen molar-refractivity contribution in [3.63, 3.8) is 0 Å². The van der Waals surface area contributed by atoms with Gasteiger partial charge in [0.15, 0.2) is 5.75 Å². The second kappa shape index (κ2) is 6.43. The van der Waals surface area contributed by atoms with E-state index in [0.29, 0.717) is 23.5 Å². The topological polar surface area (TPSA) is 73.6 Å². The summed E-state index contributed by atoms with van der Waals surface area (Å²) in [7, 11) is 1.51. The second-order valence-corrected chi connectivity index (χ2v) is 4.63. The van der Waals surface area contributed by atoms with Gasteiger partial charge in [0, 0.05) is 13.2 Å². The van der Waals surface area contributed by atoms with Gasteiger partial charge >= 0.3 is 0 Å². The number of nitrogen functional groups attached to an aromatic ring is 1. The molecule has 1 aliphatic rings. The molecule has 0 saturated carbocycles. The number of amides is 1. The van der Waals surface area contributed by atoms with Crippen LogP contribution in [0.4, 0.5) is 5.69 Å². The Morgan fingerprint density at radius 3 is 3.05 bits per heavy atom. The second-order valence-electron chi connectivity index (χ2n) is 4.63. The normalized spacial score (nSPS) is 18.9. The molecule has 1 saturated heterocycles. The van der Waals surface area contributed by atoms with E-state index in [0.717, 1.165) is 25.9 Å². The molecule has 104 valence electrons. The van der Waals surface area contributed by atoms with E-state index in [1.807, 2.05) is 0 Å². The fourth-order valence-corrected chi connectivity index (χ4v) is 2.23. The number of benzene rings is 1. The highest BCUT2D eigenvalue weighted by Gasteiger charge is 2.18. The van der Waals surface area contributed by atoms with Crippen molar-refractivity contribution in [2.24, 2.45) is 0 Å². The van der Waals surface area contributed by atoms with E-state index in [1.165, 1.54) is 7.11 Å². The minimum atomic E-state index is -0.182. The van der Waals surface area contributed by atoms with Gasteiger partial charge in [-0.2, -0.15) is 0 Å². The molecule has 1 aliphatic heterocycles. The van der Waals surface area contributed by atoms with Crippen LogP contribution in [0.5, 0.6) is 5.75 Å². The summed E-state index contributed by atoms with van der Waals surface area (Å²) in [6.45, 7) is 1.30. The maximum atomic E-state index is 12.1. The molecule has 3 N–H and O–H groups in total. The summed E-state index contributed by atoms with van der Waals surface area (Å²) in [6, 6.07) is 5.15. The summed E-state index contributed by atoms with van der Waals surface area (Å²) in [5, 5.41) is 2.87. The number of hydrogen-bond acceptors (Lipinski definition) is 4.